The molecular weight excluding hydrogens is 182 g/mol. The average molecular weight is 196 g/mol. The van der Waals surface area contributed by atoms with Gasteiger partial charge in [-0.1, -0.05) is 36.7 Å². The zero-order valence-electron chi connectivity index (χ0n) is 7.76. The van der Waals surface area contributed by atoms with E-state index in [1.807, 2.05) is 30.3 Å². The molecule has 0 spiro atoms. The highest BCUT2D eigenvalue weighted by atomic mass is 35.5. The molecule has 2 heteroatoms. The number of nitrogens with one attached hydrogen (secondary N) is 1. The summed E-state index contributed by atoms with van der Waals surface area (Å²) >= 11 is 5.79. The Bertz CT molecular complexity index is 266. The van der Waals surface area contributed by atoms with Crippen LogP contribution in [0, 0.1) is 0 Å². The lowest BCUT2D eigenvalue weighted by molar-refractivity contribution is 0.649. The van der Waals surface area contributed by atoms with Gasteiger partial charge in [-0.05, 0) is 24.2 Å². The van der Waals surface area contributed by atoms with E-state index in [0.717, 1.165) is 11.6 Å². The Morgan fingerprint density at radius 3 is 2.54 bits per heavy atom. The normalized spacial score (nSPS) is 12.5. The van der Waals surface area contributed by atoms with Crippen LogP contribution in [0.15, 0.2) is 36.9 Å². The Morgan fingerprint density at radius 2 is 2.08 bits per heavy atom. The van der Waals surface area contributed by atoms with E-state index in [-0.39, 0.29) is 6.04 Å². The summed E-state index contributed by atoms with van der Waals surface area (Å²) in [6.45, 7) is 6.79. The number of halogens is 1. The van der Waals surface area contributed by atoms with E-state index >= 15 is 0 Å². The first-order valence-corrected chi connectivity index (χ1v) is 4.77. The zero-order valence-corrected chi connectivity index (χ0v) is 8.51. The molecule has 0 heterocycles. The molecule has 1 aromatic rings. The average Bonchev–Trinajstić information content (AvgIpc) is 2.16. The van der Waals surface area contributed by atoms with Gasteiger partial charge >= 0.3 is 0 Å². The molecular formula is C11H14ClN. The van der Waals surface area contributed by atoms with Gasteiger partial charge in [-0.3, -0.25) is 0 Å². The van der Waals surface area contributed by atoms with Gasteiger partial charge in [0.25, 0.3) is 0 Å². The first-order chi connectivity index (χ1) is 6.27. The lowest BCUT2D eigenvalue weighted by atomic mass is 10.1. The van der Waals surface area contributed by atoms with Crippen LogP contribution in [0.1, 0.15) is 18.5 Å². The Hall–Kier alpha value is -0.790. The molecule has 1 atom stereocenters. The summed E-state index contributed by atoms with van der Waals surface area (Å²) in [6.07, 6.45) is 1.90. The van der Waals surface area contributed by atoms with Crippen LogP contribution in [0.25, 0.3) is 0 Å². The first-order valence-electron chi connectivity index (χ1n) is 4.39. The topological polar surface area (TPSA) is 12.0 Å². The minimum Gasteiger partial charge on any atom is -0.307 e. The minimum absolute atomic E-state index is 0.224. The predicted octanol–water partition coefficient (Wildman–Crippen LogP) is 3.18. The third-order valence-corrected chi connectivity index (χ3v) is 2.14. The molecule has 1 aromatic carbocycles. The maximum Gasteiger partial charge on any atom is 0.0503 e. The standard InChI is InChI=1S/C11H14ClN/c1-3-11(13-4-2)9-5-7-10(12)8-6-9/h3,5-8,11,13H,1,4H2,2H3. The molecule has 1 unspecified atom stereocenters. The van der Waals surface area contributed by atoms with Crippen LogP contribution in [0.2, 0.25) is 5.02 Å². The molecule has 0 fully saturated rings. The maximum atomic E-state index is 5.79. The van der Waals surface area contributed by atoms with Gasteiger partial charge in [-0.15, -0.1) is 6.58 Å². The van der Waals surface area contributed by atoms with Crippen molar-refractivity contribution in [2.75, 3.05) is 6.54 Å². The molecule has 0 saturated heterocycles. The van der Waals surface area contributed by atoms with Crippen LogP contribution < -0.4 is 5.32 Å². The van der Waals surface area contributed by atoms with Crippen LogP contribution in [0.3, 0.4) is 0 Å². The van der Waals surface area contributed by atoms with Crippen LogP contribution >= 0.6 is 11.6 Å². The van der Waals surface area contributed by atoms with E-state index in [2.05, 4.69) is 18.8 Å². The van der Waals surface area contributed by atoms with E-state index in [1.165, 1.54) is 5.56 Å². The van der Waals surface area contributed by atoms with E-state index in [9.17, 15) is 0 Å². The Morgan fingerprint density at radius 1 is 1.46 bits per heavy atom. The van der Waals surface area contributed by atoms with Gasteiger partial charge < -0.3 is 5.32 Å². The summed E-state index contributed by atoms with van der Waals surface area (Å²) in [5.41, 5.74) is 1.20. The quantitative estimate of drug-likeness (QED) is 0.728. The van der Waals surface area contributed by atoms with Gasteiger partial charge in [-0.25, -0.2) is 0 Å². The highest BCUT2D eigenvalue weighted by molar-refractivity contribution is 6.30. The molecule has 0 aromatic heterocycles. The van der Waals surface area contributed by atoms with Crippen molar-refractivity contribution in [2.45, 2.75) is 13.0 Å². The second kappa shape index (κ2) is 5.05. The molecule has 13 heavy (non-hydrogen) atoms. The molecule has 70 valence electrons. The third kappa shape index (κ3) is 2.87. The number of rotatable bonds is 4. The van der Waals surface area contributed by atoms with Crippen molar-refractivity contribution >= 4 is 11.6 Å². The molecule has 1 N–H and O–H groups in total. The van der Waals surface area contributed by atoms with Crippen molar-refractivity contribution in [2.24, 2.45) is 0 Å². The number of benzene rings is 1. The maximum absolute atomic E-state index is 5.79. The second-order valence-corrected chi connectivity index (χ2v) is 3.26. The molecule has 0 radical (unpaired) electrons. The third-order valence-electron chi connectivity index (χ3n) is 1.89. The first kappa shape index (κ1) is 10.3. The fourth-order valence-corrected chi connectivity index (χ4v) is 1.35. The SMILES string of the molecule is C=CC(NCC)c1ccc(Cl)cc1. The van der Waals surface area contributed by atoms with E-state index in [4.69, 9.17) is 11.6 Å². The van der Waals surface area contributed by atoms with Crippen molar-refractivity contribution in [1.82, 2.24) is 5.32 Å². The smallest absolute Gasteiger partial charge is 0.0503 e. The molecule has 1 rings (SSSR count). The largest absolute Gasteiger partial charge is 0.307 e. The van der Waals surface area contributed by atoms with Gasteiger partial charge in [0, 0.05) is 5.02 Å². The highest BCUT2D eigenvalue weighted by Gasteiger charge is 2.03. The summed E-state index contributed by atoms with van der Waals surface area (Å²) in [6, 6.07) is 8.03. The molecule has 0 aliphatic rings. The molecule has 0 bridgehead atoms. The van der Waals surface area contributed by atoms with E-state index in [1.54, 1.807) is 0 Å². The Balaban J connectivity index is 2.79. The second-order valence-electron chi connectivity index (χ2n) is 2.82. The monoisotopic (exact) mass is 195 g/mol. The van der Waals surface area contributed by atoms with E-state index in [0.29, 0.717) is 0 Å². The van der Waals surface area contributed by atoms with Gasteiger partial charge in [0.1, 0.15) is 0 Å². The molecule has 0 amide bonds. The van der Waals surface area contributed by atoms with Gasteiger partial charge in [-0.2, -0.15) is 0 Å². The summed E-state index contributed by atoms with van der Waals surface area (Å²) in [4.78, 5) is 0. The summed E-state index contributed by atoms with van der Waals surface area (Å²) in [7, 11) is 0. The van der Waals surface area contributed by atoms with Crippen LogP contribution in [-0.4, -0.2) is 6.54 Å². The lowest BCUT2D eigenvalue weighted by Gasteiger charge is -2.13. The number of hydrogen-bond acceptors (Lipinski definition) is 1. The van der Waals surface area contributed by atoms with Crippen molar-refractivity contribution in [1.29, 1.82) is 0 Å². The van der Waals surface area contributed by atoms with Crippen LogP contribution in [0.5, 0.6) is 0 Å². The van der Waals surface area contributed by atoms with Gasteiger partial charge in [0.2, 0.25) is 0 Å². The van der Waals surface area contributed by atoms with Crippen molar-refractivity contribution < 1.29 is 0 Å². The summed E-state index contributed by atoms with van der Waals surface area (Å²) in [5, 5.41) is 4.07. The Kier molecular flexibility index (Phi) is 4.00. The highest BCUT2D eigenvalue weighted by Crippen LogP contribution is 2.16. The molecule has 0 aliphatic heterocycles. The molecule has 0 saturated carbocycles. The Labute approximate surface area is 84.4 Å². The minimum atomic E-state index is 0.224. The molecule has 1 nitrogen and oxygen atoms in total. The number of likely N-dealkylation sites (N-methyl/N-ethyl adjacent to an activating group) is 1. The van der Waals surface area contributed by atoms with Crippen molar-refractivity contribution in [3.8, 4) is 0 Å². The van der Waals surface area contributed by atoms with E-state index < -0.39 is 0 Å². The zero-order chi connectivity index (χ0) is 9.68. The fourth-order valence-electron chi connectivity index (χ4n) is 1.23. The van der Waals surface area contributed by atoms with Crippen LogP contribution in [-0.2, 0) is 0 Å². The summed E-state index contributed by atoms with van der Waals surface area (Å²) in [5.74, 6) is 0. The van der Waals surface area contributed by atoms with Gasteiger partial charge in [0.05, 0.1) is 6.04 Å². The predicted molar refractivity (Wildman–Crippen MR) is 58.1 cm³/mol. The lowest BCUT2D eigenvalue weighted by Crippen LogP contribution is -2.18. The van der Waals surface area contributed by atoms with Gasteiger partial charge in [0.15, 0.2) is 0 Å². The van der Waals surface area contributed by atoms with Crippen LogP contribution in [0.4, 0.5) is 0 Å². The molecule has 0 aliphatic carbocycles. The van der Waals surface area contributed by atoms with Crippen molar-refractivity contribution in [3.05, 3.63) is 47.5 Å². The van der Waals surface area contributed by atoms with Crippen molar-refractivity contribution in [3.63, 3.8) is 0 Å². The number of hydrogen-bond donors (Lipinski definition) is 1. The fraction of sp³-hybridized carbons (Fsp3) is 0.273. The summed E-state index contributed by atoms with van der Waals surface area (Å²) < 4.78 is 0.